The fourth-order valence-electron chi connectivity index (χ4n) is 2.36. The molecule has 23 heavy (non-hydrogen) atoms. The highest BCUT2D eigenvalue weighted by molar-refractivity contribution is 6.17. The molecule has 5 heteroatoms. The first-order valence-electron chi connectivity index (χ1n) is 8.30. The van der Waals surface area contributed by atoms with Crippen LogP contribution in [0.2, 0.25) is 0 Å². The zero-order valence-corrected chi connectivity index (χ0v) is 14.5. The van der Waals surface area contributed by atoms with Crippen molar-refractivity contribution in [2.45, 2.75) is 46.5 Å². The van der Waals surface area contributed by atoms with Crippen molar-refractivity contribution in [2.24, 2.45) is 5.92 Å². The van der Waals surface area contributed by atoms with Crippen LogP contribution in [0.15, 0.2) is 30.6 Å². The largest absolute Gasteiger partial charge is 0.383 e. The van der Waals surface area contributed by atoms with E-state index in [1.807, 2.05) is 19.1 Å². The molecule has 0 aliphatic heterocycles. The summed E-state index contributed by atoms with van der Waals surface area (Å²) in [6, 6.07) is 0. The Balaban J connectivity index is 2.85. The molecule has 4 N–H and O–H groups in total. The number of allylic oxidation sites excluding steroid dienone is 3. The first-order chi connectivity index (χ1) is 11.0. The van der Waals surface area contributed by atoms with Crippen molar-refractivity contribution in [1.82, 2.24) is 9.97 Å². The molecule has 0 saturated heterocycles. The number of rotatable bonds is 10. The van der Waals surface area contributed by atoms with E-state index in [1.165, 1.54) is 19.2 Å². The van der Waals surface area contributed by atoms with Crippen LogP contribution in [0.5, 0.6) is 0 Å². The molecule has 1 atom stereocenters. The molecule has 0 aromatic carbocycles. The molecule has 0 amide bonds. The SMILES string of the molecule is C=C(C=CCC)C(=N)c1c(N)ncnc1NCCC(C)CCC. The molecule has 0 saturated carbocycles. The Labute approximate surface area is 139 Å². The molecule has 0 radical (unpaired) electrons. The molecule has 0 aliphatic carbocycles. The first-order valence-corrected chi connectivity index (χ1v) is 8.30. The van der Waals surface area contributed by atoms with Gasteiger partial charge in [-0.05, 0) is 24.3 Å². The zero-order chi connectivity index (χ0) is 17.2. The molecule has 1 unspecified atom stereocenters. The van der Waals surface area contributed by atoms with Gasteiger partial charge >= 0.3 is 0 Å². The van der Waals surface area contributed by atoms with Crippen LogP contribution >= 0.6 is 0 Å². The minimum Gasteiger partial charge on any atom is -0.383 e. The van der Waals surface area contributed by atoms with E-state index in [9.17, 15) is 0 Å². The average molecular weight is 315 g/mol. The molecule has 1 aromatic heterocycles. The highest BCUT2D eigenvalue weighted by atomic mass is 15.0. The van der Waals surface area contributed by atoms with Gasteiger partial charge in [-0.25, -0.2) is 9.97 Å². The molecule has 1 rings (SSSR count). The quantitative estimate of drug-likeness (QED) is 0.446. The number of nitrogens with zero attached hydrogens (tertiary/aromatic N) is 2. The summed E-state index contributed by atoms with van der Waals surface area (Å²) >= 11 is 0. The van der Waals surface area contributed by atoms with Gasteiger partial charge in [0.15, 0.2) is 0 Å². The molecule has 0 bridgehead atoms. The van der Waals surface area contributed by atoms with Gasteiger partial charge in [-0.1, -0.05) is 52.3 Å². The van der Waals surface area contributed by atoms with Crippen LogP contribution in [0, 0.1) is 11.3 Å². The number of hydrogen-bond donors (Lipinski definition) is 3. The molecule has 126 valence electrons. The number of aromatic nitrogens is 2. The van der Waals surface area contributed by atoms with E-state index in [-0.39, 0.29) is 5.71 Å². The molecule has 1 heterocycles. The zero-order valence-electron chi connectivity index (χ0n) is 14.5. The van der Waals surface area contributed by atoms with Gasteiger partial charge in [0.2, 0.25) is 0 Å². The lowest BCUT2D eigenvalue weighted by molar-refractivity contribution is 0.499. The highest BCUT2D eigenvalue weighted by Gasteiger charge is 2.15. The third kappa shape index (κ3) is 5.85. The second-order valence-electron chi connectivity index (χ2n) is 5.80. The summed E-state index contributed by atoms with van der Waals surface area (Å²) in [7, 11) is 0. The van der Waals surface area contributed by atoms with Crippen LogP contribution in [0.1, 0.15) is 52.0 Å². The smallest absolute Gasteiger partial charge is 0.141 e. The van der Waals surface area contributed by atoms with E-state index in [0.29, 0.717) is 28.7 Å². The maximum absolute atomic E-state index is 8.33. The second kappa shape index (κ2) is 9.77. The Bertz CT molecular complexity index is 563. The topological polar surface area (TPSA) is 87.7 Å². The first kappa shape index (κ1) is 18.9. The Kier molecular flexibility index (Phi) is 8.02. The number of anilines is 2. The molecule has 5 nitrogen and oxygen atoms in total. The van der Waals surface area contributed by atoms with Crippen LogP contribution in [-0.2, 0) is 0 Å². The van der Waals surface area contributed by atoms with E-state index in [2.05, 4.69) is 35.7 Å². The third-order valence-corrected chi connectivity index (χ3v) is 3.71. The summed E-state index contributed by atoms with van der Waals surface area (Å²) in [5.74, 6) is 1.58. The lowest BCUT2D eigenvalue weighted by Crippen LogP contribution is -2.15. The summed E-state index contributed by atoms with van der Waals surface area (Å²) in [6.45, 7) is 11.2. The van der Waals surface area contributed by atoms with Gasteiger partial charge in [0.25, 0.3) is 0 Å². The molecular weight excluding hydrogens is 286 g/mol. The highest BCUT2D eigenvalue weighted by Crippen LogP contribution is 2.21. The lowest BCUT2D eigenvalue weighted by Gasteiger charge is -2.15. The van der Waals surface area contributed by atoms with Crippen molar-refractivity contribution in [3.05, 3.63) is 36.2 Å². The van der Waals surface area contributed by atoms with Crippen molar-refractivity contribution in [3.8, 4) is 0 Å². The van der Waals surface area contributed by atoms with Crippen LogP contribution in [-0.4, -0.2) is 22.2 Å². The van der Waals surface area contributed by atoms with Gasteiger partial charge in [0.05, 0.1) is 11.3 Å². The minimum absolute atomic E-state index is 0.261. The van der Waals surface area contributed by atoms with Gasteiger partial charge in [-0.2, -0.15) is 0 Å². The third-order valence-electron chi connectivity index (χ3n) is 3.71. The van der Waals surface area contributed by atoms with Gasteiger partial charge < -0.3 is 11.1 Å². The van der Waals surface area contributed by atoms with Crippen molar-refractivity contribution >= 4 is 17.3 Å². The number of nitrogens with one attached hydrogen (secondary N) is 2. The summed E-state index contributed by atoms with van der Waals surface area (Å²) in [4.78, 5) is 8.27. The van der Waals surface area contributed by atoms with Crippen LogP contribution in [0.4, 0.5) is 11.6 Å². The van der Waals surface area contributed by atoms with Crippen molar-refractivity contribution in [2.75, 3.05) is 17.6 Å². The molecule has 0 spiro atoms. The fraction of sp³-hybridized carbons (Fsp3) is 0.500. The molecule has 1 aromatic rings. The Morgan fingerprint density at radius 3 is 2.78 bits per heavy atom. The Hall–Kier alpha value is -2.17. The predicted octanol–water partition coefficient (Wildman–Crippen LogP) is 4.19. The van der Waals surface area contributed by atoms with Gasteiger partial charge in [0, 0.05) is 6.54 Å². The maximum atomic E-state index is 8.33. The number of nitrogens with two attached hydrogens (primary N) is 1. The van der Waals surface area contributed by atoms with Gasteiger partial charge in [-0.3, -0.25) is 5.41 Å². The van der Waals surface area contributed by atoms with E-state index in [0.717, 1.165) is 19.4 Å². The van der Waals surface area contributed by atoms with E-state index in [1.54, 1.807) is 0 Å². The minimum atomic E-state index is 0.261. The summed E-state index contributed by atoms with van der Waals surface area (Å²) in [6.07, 6.45) is 9.59. The van der Waals surface area contributed by atoms with E-state index < -0.39 is 0 Å². The van der Waals surface area contributed by atoms with Gasteiger partial charge in [0.1, 0.15) is 18.0 Å². The summed E-state index contributed by atoms with van der Waals surface area (Å²) in [5.41, 5.74) is 7.37. The maximum Gasteiger partial charge on any atom is 0.141 e. The summed E-state index contributed by atoms with van der Waals surface area (Å²) < 4.78 is 0. The number of nitrogen functional groups attached to an aromatic ring is 1. The average Bonchev–Trinajstić information content (AvgIpc) is 2.52. The van der Waals surface area contributed by atoms with Crippen LogP contribution < -0.4 is 11.1 Å². The Morgan fingerprint density at radius 2 is 2.13 bits per heavy atom. The van der Waals surface area contributed by atoms with Crippen LogP contribution in [0.3, 0.4) is 0 Å². The van der Waals surface area contributed by atoms with Crippen LogP contribution in [0.25, 0.3) is 0 Å². The van der Waals surface area contributed by atoms with E-state index >= 15 is 0 Å². The Morgan fingerprint density at radius 1 is 1.39 bits per heavy atom. The molecule has 0 aliphatic rings. The van der Waals surface area contributed by atoms with E-state index in [4.69, 9.17) is 11.1 Å². The normalized spacial score (nSPS) is 12.3. The van der Waals surface area contributed by atoms with Gasteiger partial charge in [-0.15, -0.1) is 0 Å². The molecular formula is C18H29N5. The monoisotopic (exact) mass is 315 g/mol. The second-order valence-corrected chi connectivity index (χ2v) is 5.80. The molecule has 0 fully saturated rings. The summed E-state index contributed by atoms with van der Waals surface area (Å²) in [5, 5.41) is 11.6. The predicted molar refractivity (Wildman–Crippen MR) is 99.0 cm³/mol. The fourth-order valence-corrected chi connectivity index (χ4v) is 2.36. The number of hydrogen-bond acceptors (Lipinski definition) is 5. The van der Waals surface area contributed by atoms with Crippen molar-refractivity contribution in [3.63, 3.8) is 0 Å². The lowest BCUT2D eigenvalue weighted by atomic mass is 10.0. The standard InChI is InChI=1S/C18H29N5/c1-5-7-9-14(4)16(19)15-17(20)22-12-23-18(15)21-11-10-13(3)8-6-2/h7,9,12-13,19H,4-6,8,10-11H2,1-3H3,(H3,20,21,22,23). The van der Waals surface area contributed by atoms with Crippen molar-refractivity contribution in [1.29, 1.82) is 5.41 Å². The van der Waals surface area contributed by atoms with Crippen molar-refractivity contribution < 1.29 is 0 Å².